The minimum atomic E-state index is -2.48. The Labute approximate surface area is 94.3 Å². The van der Waals surface area contributed by atoms with Gasteiger partial charge in [-0.2, -0.15) is 0 Å². The van der Waals surface area contributed by atoms with E-state index in [1.807, 2.05) is 0 Å². The van der Waals surface area contributed by atoms with Gasteiger partial charge in [-0.1, -0.05) is 15.9 Å². The molecule has 2 rings (SSSR count). The summed E-state index contributed by atoms with van der Waals surface area (Å²) in [7, 11) is 0. The number of hydrogen-bond donors (Lipinski definition) is 0. The highest BCUT2D eigenvalue weighted by molar-refractivity contribution is 9.10. The number of rotatable bonds is 2. The summed E-state index contributed by atoms with van der Waals surface area (Å²) in [4.78, 5) is 0. The Hall–Kier alpha value is -0.520. The van der Waals surface area contributed by atoms with Gasteiger partial charge >= 0.3 is 0 Å². The molecule has 0 N–H and O–H groups in total. The molecule has 0 atom stereocenters. The SMILES string of the molecule is FC(F)c1cc(Br)cc(C2OCCO2)c1. The first-order chi connectivity index (χ1) is 7.16. The topological polar surface area (TPSA) is 18.5 Å². The van der Waals surface area contributed by atoms with E-state index in [9.17, 15) is 8.78 Å². The van der Waals surface area contributed by atoms with Gasteiger partial charge in [-0.25, -0.2) is 8.78 Å². The lowest BCUT2D eigenvalue weighted by Crippen LogP contribution is -1.99. The number of benzene rings is 1. The van der Waals surface area contributed by atoms with E-state index < -0.39 is 12.7 Å². The van der Waals surface area contributed by atoms with E-state index in [2.05, 4.69) is 15.9 Å². The van der Waals surface area contributed by atoms with Crippen LogP contribution in [0.15, 0.2) is 22.7 Å². The Morgan fingerprint density at radius 2 is 1.87 bits per heavy atom. The van der Waals surface area contributed by atoms with Gasteiger partial charge in [0.15, 0.2) is 6.29 Å². The first-order valence-electron chi connectivity index (χ1n) is 4.48. The average molecular weight is 279 g/mol. The molecule has 0 aliphatic carbocycles. The molecule has 1 aromatic carbocycles. The molecule has 1 aliphatic heterocycles. The zero-order chi connectivity index (χ0) is 10.8. The summed E-state index contributed by atoms with van der Waals surface area (Å²) in [5.74, 6) is 0. The van der Waals surface area contributed by atoms with E-state index in [0.717, 1.165) is 0 Å². The van der Waals surface area contributed by atoms with Gasteiger partial charge < -0.3 is 9.47 Å². The van der Waals surface area contributed by atoms with E-state index >= 15 is 0 Å². The summed E-state index contributed by atoms with van der Waals surface area (Å²) in [6.07, 6.45) is -3.00. The molecule has 1 aliphatic rings. The van der Waals surface area contributed by atoms with Crippen LogP contribution in [0.3, 0.4) is 0 Å². The molecular formula is C10H9BrF2O2. The van der Waals surface area contributed by atoms with E-state index in [4.69, 9.17) is 9.47 Å². The summed E-state index contributed by atoms with van der Waals surface area (Å²) in [5, 5.41) is 0. The molecule has 0 unspecified atom stereocenters. The van der Waals surface area contributed by atoms with Crippen molar-refractivity contribution in [2.75, 3.05) is 13.2 Å². The molecule has 0 radical (unpaired) electrons. The van der Waals surface area contributed by atoms with Crippen molar-refractivity contribution < 1.29 is 18.3 Å². The van der Waals surface area contributed by atoms with Gasteiger partial charge in [-0.15, -0.1) is 0 Å². The maximum absolute atomic E-state index is 12.5. The fourth-order valence-electron chi connectivity index (χ4n) is 1.45. The molecule has 0 spiro atoms. The Morgan fingerprint density at radius 3 is 2.47 bits per heavy atom. The second-order valence-electron chi connectivity index (χ2n) is 3.19. The molecular weight excluding hydrogens is 270 g/mol. The molecule has 1 fully saturated rings. The summed E-state index contributed by atoms with van der Waals surface area (Å²) in [6, 6.07) is 4.52. The van der Waals surface area contributed by atoms with Gasteiger partial charge in [0, 0.05) is 15.6 Å². The zero-order valence-electron chi connectivity index (χ0n) is 7.75. The molecule has 1 saturated heterocycles. The predicted molar refractivity (Wildman–Crippen MR) is 53.7 cm³/mol. The first-order valence-corrected chi connectivity index (χ1v) is 5.28. The summed E-state index contributed by atoms with van der Waals surface area (Å²) in [6.45, 7) is 1.00. The lowest BCUT2D eigenvalue weighted by atomic mass is 10.1. The van der Waals surface area contributed by atoms with Crippen LogP contribution in [0.5, 0.6) is 0 Å². The minimum absolute atomic E-state index is 0.0292. The van der Waals surface area contributed by atoms with Gasteiger partial charge in [0.25, 0.3) is 6.43 Å². The van der Waals surface area contributed by atoms with Crippen LogP contribution < -0.4 is 0 Å². The van der Waals surface area contributed by atoms with E-state index in [1.54, 1.807) is 6.07 Å². The molecule has 1 aromatic rings. The van der Waals surface area contributed by atoms with Crippen LogP contribution >= 0.6 is 15.9 Å². The molecule has 2 nitrogen and oxygen atoms in total. The third-order valence-corrected chi connectivity index (χ3v) is 2.55. The van der Waals surface area contributed by atoms with Crippen molar-refractivity contribution in [2.45, 2.75) is 12.7 Å². The van der Waals surface area contributed by atoms with E-state index in [0.29, 0.717) is 23.2 Å². The van der Waals surface area contributed by atoms with E-state index in [1.165, 1.54) is 12.1 Å². The number of alkyl halides is 2. The van der Waals surface area contributed by atoms with Crippen molar-refractivity contribution in [2.24, 2.45) is 0 Å². The quantitative estimate of drug-likeness (QED) is 0.825. The van der Waals surface area contributed by atoms with Crippen molar-refractivity contribution in [1.29, 1.82) is 0 Å². The standard InChI is InChI=1S/C10H9BrF2O2/c11-8-4-6(9(12)13)3-7(5-8)10-14-1-2-15-10/h3-5,9-10H,1-2H2. The Kier molecular flexibility index (Phi) is 3.33. The Bertz CT molecular complexity index is 351. The molecule has 0 bridgehead atoms. The van der Waals surface area contributed by atoms with Crippen LogP contribution in [0.4, 0.5) is 8.78 Å². The van der Waals surface area contributed by atoms with Crippen LogP contribution in [0, 0.1) is 0 Å². The van der Waals surface area contributed by atoms with Gasteiger partial charge in [-0.3, -0.25) is 0 Å². The van der Waals surface area contributed by atoms with Crippen molar-refractivity contribution in [3.63, 3.8) is 0 Å². The lowest BCUT2D eigenvalue weighted by molar-refractivity contribution is -0.0443. The van der Waals surface area contributed by atoms with Crippen molar-refractivity contribution in [1.82, 2.24) is 0 Å². The highest BCUT2D eigenvalue weighted by atomic mass is 79.9. The van der Waals surface area contributed by atoms with Crippen LogP contribution in [0.25, 0.3) is 0 Å². The van der Waals surface area contributed by atoms with Crippen molar-refractivity contribution in [3.8, 4) is 0 Å². The summed E-state index contributed by atoms with van der Waals surface area (Å²) < 4.78 is 36.1. The maximum atomic E-state index is 12.5. The third-order valence-electron chi connectivity index (χ3n) is 2.09. The fourth-order valence-corrected chi connectivity index (χ4v) is 1.98. The zero-order valence-corrected chi connectivity index (χ0v) is 9.34. The van der Waals surface area contributed by atoms with Gasteiger partial charge in [0.1, 0.15) is 0 Å². The van der Waals surface area contributed by atoms with Gasteiger partial charge in [0.2, 0.25) is 0 Å². The summed E-state index contributed by atoms with van der Waals surface area (Å²) >= 11 is 3.18. The minimum Gasteiger partial charge on any atom is -0.346 e. The highest BCUT2D eigenvalue weighted by Gasteiger charge is 2.20. The van der Waals surface area contributed by atoms with Crippen LogP contribution in [-0.2, 0) is 9.47 Å². The molecule has 0 saturated carbocycles. The molecule has 1 heterocycles. The van der Waals surface area contributed by atoms with Gasteiger partial charge in [0.05, 0.1) is 13.2 Å². The number of ether oxygens (including phenoxy) is 2. The van der Waals surface area contributed by atoms with Crippen LogP contribution in [-0.4, -0.2) is 13.2 Å². The van der Waals surface area contributed by atoms with Crippen LogP contribution in [0.2, 0.25) is 0 Å². The second-order valence-corrected chi connectivity index (χ2v) is 4.11. The molecule has 0 aromatic heterocycles. The van der Waals surface area contributed by atoms with Crippen molar-refractivity contribution in [3.05, 3.63) is 33.8 Å². The maximum Gasteiger partial charge on any atom is 0.263 e. The smallest absolute Gasteiger partial charge is 0.263 e. The predicted octanol–water partition coefficient (Wildman–Crippen LogP) is 3.43. The fraction of sp³-hybridized carbons (Fsp3) is 0.400. The normalized spacial score (nSPS) is 17.6. The largest absolute Gasteiger partial charge is 0.346 e. The number of halogens is 3. The highest BCUT2D eigenvalue weighted by Crippen LogP contribution is 2.30. The monoisotopic (exact) mass is 278 g/mol. The van der Waals surface area contributed by atoms with Crippen LogP contribution in [0.1, 0.15) is 23.8 Å². The second kappa shape index (κ2) is 4.55. The van der Waals surface area contributed by atoms with Gasteiger partial charge in [-0.05, 0) is 18.2 Å². The lowest BCUT2D eigenvalue weighted by Gasteiger charge is -2.11. The third kappa shape index (κ3) is 2.53. The van der Waals surface area contributed by atoms with Crippen molar-refractivity contribution >= 4 is 15.9 Å². The molecule has 82 valence electrons. The summed E-state index contributed by atoms with van der Waals surface area (Å²) in [5.41, 5.74) is 0.593. The van der Waals surface area contributed by atoms with E-state index in [-0.39, 0.29) is 5.56 Å². The number of hydrogen-bond acceptors (Lipinski definition) is 2. The molecule has 15 heavy (non-hydrogen) atoms. The Balaban J connectivity index is 2.30. The Morgan fingerprint density at radius 1 is 1.20 bits per heavy atom. The molecule has 5 heteroatoms. The molecule has 0 amide bonds. The first kappa shape index (κ1) is 11.0. The average Bonchev–Trinajstić information content (AvgIpc) is 2.69.